The minimum absolute atomic E-state index is 0.156. The van der Waals surface area contributed by atoms with Crippen LogP contribution in [0.5, 0.6) is 0 Å². The fourth-order valence-electron chi connectivity index (χ4n) is 1.66. The molecule has 1 amide bonds. The van der Waals surface area contributed by atoms with Crippen molar-refractivity contribution in [2.45, 2.75) is 25.7 Å². The molecule has 0 bridgehead atoms. The monoisotopic (exact) mass is 256 g/mol. The minimum atomic E-state index is 0.156. The van der Waals surface area contributed by atoms with E-state index in [0.717, 1.165) is 30.0 Å². The van der Waals surface area contributed by atoms with Crippen molar-refractivity contribution in [3.8, 4) is 0 Å². The fraction of sp³-hybridized carbons (Fsp3) is 0.636. The van der Waals surface area contributed by atoms with Crippen LogP contribution in [0, 0.1) is 5.41 Å². The molecular weight excluding hydrogens is 240 g/mol. The molecule has 0 aliphatic heterocycles. The molecule has 1 N–H and O–H groups in total. The number of aromatic nitrogens is 1. The molecule has 1 aromatic rings. The van der Waals surface area contributed by atoms with E-state index < -0.39 is 0 Å². The highest BCUT2D eigenvalue weighted by atomic mass is 32.1. The Balaban J connectivity index is 1.64. The highest BCUT2D eigenvalue weighted by Gasteiger charge is 2.42. The quantitative estimate of drug-likeness (QED) is 0.763. The number of thiazole rings is 1. The Bertz CT molecular complexity index is 347. The van der Waals surface area contributed by atoms with Crippen LogP contribution in [0.1, 0.15) is 24.3 Å². The fourth-order valence-corrected chi connectivity index (χ4v) is 2.70. The number of nitrogens with zero attached hydrogens (tertiary/aromatic N) is 1. The largest absolute Gasteiger partial charge is 0.356 e. The third-order valence-corrected chi connectivity index (χ3v) is 4.48. The maximum Gasteiger partial charge on any atom is 0.220 e. The summed E-state index contributed by atoms with van der Waals surface area (Å²) in [5.74, 6) is 0.982. The molecule has 1 heterocycles. The lowest BCUT2D eigenvalue weighted by atomic mass is 10.1. The number of hydrogen-bond donors (Lipinski definition) is 2. The molecule has 1 fully saturated rings. The molecular formula is C11H16N2OS2. The highest BCUT2D eigenvalue weighted by molar-refractivity contribution is 7.80. The van der Waals surface area contributed by atoms with Gasteiger partial charge in [0.15, 0.2) is 0 Å². The number of hydrogen-bond acceptors (Lipinski definition) is 4. The number of carbonyl (C=O) groups excluding carboxylic acids is 1. The Morgan fingerprint density at radius 3 is 3.00 bits per heavy atom. The summed E-state index contributed by atoms with van der Waals surface area (Å²) in [4.78, 5) is 15.8. The highest BCUT2D eigenvalue weighted by Crippen LogP contribution is 2.49. The van der Waals surface area contributed by atoms with Gasteiger partial charge in [0.05, 0.1) is 5.01 Å². The first-order valence-electron chi connectivity index (χ1n) is 5.50. The van der Waals surface area contributed by atoms with Gasteiger partial charge in [-0.05, 0) is 24.0 Å². The Kier molecular flexibility index (Phi) is 3.86. The lowest BCUT2D eigenvalue weighted by Gasteiger charge is -2.11. The van der Waals surface area contributed by atoms with Crippen molar-refractivity contribution in [1.82, 2.24) is 10.3 Å². The van der Waals surface area contributed by atoms with Gasteiger partial charge >= 0.3 is 0 Å². The van der Waals surface area contributed by atoms with Crippen molar-refractivity contribution in [2.24, 2.45) is 5.41 Å². The lowest BCUT2D eigenvalue weighted by molar-refractivity contribution is -0.122. The van der Waals surface area contributed by atoms with Crippen LogP contribution in [0.25, 0.3) is 0 Å². The van der Waals surface area contributed by atoms with Gasteiger partial charge in [0.2, 0.25) is 5.91 Å². The SMILES string of the molecule is O=C(CC1(CS)CC1)NCCc1nccs1. The van der Waals surface area contributed by atoms with Gasteiger partial charge < -0.3 is 5.32 Å². The number of carbonyl (C=O) groups is 1. The number of nitrogens with one attached hydrogen (secondary N) is 1. The smallest absolute Gasteiger partial charge is 0.220 e. The summed E-state index contributed by atoms with van der Waals surface area (Å²) >= 11 is 5.92. The average Bonchev–Trinajstić information content (AvgIpc) is 2.85. The molecule has 1 aliphatic rings. The number of thiol groups is 1. The van der Waals surface area contributed by atoms with Crippen LogP contribution < -0.4 is 5.32 Å². The van der Waals surface area contributed by atoms with Crippen LogP contribution in [0.4, 0.5) is 0 Å². The van der Waals surface area contributed by atoms with Crippen molar-refractivity contribution in [1.29, 1.82) is 0 Å². The molecule has 16 heavy (non-hydrogen) atoms. The number of amides is 1. The van der Waals surface area contributed by atoms with Crippen LogP contribution in [-0.2, 0) is 11.2 Å². The summed E-state index contributed by atoms with van der Waals surface area (Å²) in [6, 6.07) is 0. The molecule has 1 aliphatic carbocycles. The maximum atomic E-state index is 11.6. The predicted molar refractivity (Wildman–Crippen MR) is 69.0 cm³/mol. The summed E-state index contributed by atoms with van der Waals surface area (Å²) in [6.45, 7) is 0.689. The van der Waals surface area contributed by atoms with Crippen molar-refractivity contribution in [3.63, 3.8) is 0 Å². The second-order valence-electron chi connectivity index (χ2n) is 4.36. The molecule has 88 valence electrons. The van der Waals surface area contributed by atoms with Crippen LogP contribution in [0.2, 0.25) is 0 Å². The van der Waals surface area contributed by atoms with Gasteiger partial charge in [-0.3, -0.25) is 4.79 Å². The Hall–Kier alpha value is -0.550. The van der Waals surface area contributed by atoms with Crippen LogP contribution in [0.15, 0.2) is 11.6 Å². The molecule has 3 nitrogen and oxygen atoms in total. The first-order valence-corrected chi connectivity index (χ1v) is 7.01. The molecule has 0 atom stereocenters. The third kappa shape index (κ3) is 3.22. The topological polar surface area (TPSA) is 42.0 Å². The van der Waals surface area contributed by atoms with Crippen molar-refractivity contribution in [3.05, 3.63) is 16.6 Å². The molecule has 0 aromatic carbocycles. The molecule has 0 saturated heterocycles. The van der Waals surface area contributed by atoms with E-state index in [2.05, 4.69) is 22.9 Å². The third-order valence-electron chi connectivity index (χ3n) is 2.97. The maximum absolute atomic E-state index is 11.6. The molecule has 1 aromatic heterocycles. The van der Waals surface area contributed by atoms with E-state index in [0.29, 0.717) is 13.0 Å². The van der Waals surface area contributed by atoms with Crippen LogP contribution in [-0.4, -0.2) is 23.2 Å². The summed E-state index contributed by atoms with van der Waals surface area (Å²) in [5, 5.41) is 5.98. The first kappa shape index (κ1) is 11.9. The minimum Gasteiger partial charge on any atom is -0.356 e. The Morgan fingerprint density at radius 1 is 1.62 bits per heavy atom. The van der Waals surface area contributed by atoms with E-state index in [-0.39, 0.29) is 11.3 Å². The summed E-state index contributed by atoms with van der Waals surface area (Å²) in [5.41, 5.74) is 0.217. The van der Waals surface area contributed by atoms with Gasteiger partial charge in [0.25, 0.3) is 0 Å². The molecule has 2 rings (SSSR count). The first-order chi connectivity index (χ1) is 7.74. The van der Waals surface area contributed by atoms with Gasteiger partial charge in [0, 0.05) is 31.0 Å². The van der Waals surface area contributed by atoms with Crippen molar-refractivity contribution >= 4 is 29.9 Å². The van der Waals surface area contributed by atoms with E-state index in [1.54, 1.807) is 17.5 Å². The average molecular weight is 256 g/mol. The Labute approximate surface area is 105 Å². The van der Waals surface area contributed by atoms with E-state index in [4.69, 9.17) is 0 Å². The molecule has 1 saturated carbocycles. The second kappa shape index (κ2) is 5.19. The standard InChI is InChI=1S/C11H16N2OS2/c14-9(7-11(8-15)2-3-11)12-4-1-10-13-5-6-16-10/h5-6,15H,1-4,7-8H2,(H,12,14). The van der Waals surface area contributed by atoms with Gasteiger partial charge in [0.1, 0.15) is 0 Å². The molecule has 5 heteroatoms. The van der Waals surface area contributed by atoms with Gasteiger partial charge in [-0.15, -0.1) is 11.3 Å². The van der Waals surface area contributed by atoms with Gasteiger partial charge in [-0.2, -0.15) is 12.6 Å². The molecule has 0 spiro atoms. The van der Waals surface area contributed by atoms with Gasteiger partial charge in [-0.25, -0.2) is 4.98 Å². The zero-order valence-corrected chi connectivity index (χ0v) is 10.8. The van der Waals surface area contributed by atoms with Gasteiger partial charge in [-0.1, -0.05) is 0 Å². The van der Waals surface area contributed by atoms with E-state index >= 15 is 0 Å². The second-order valence-corrected chi connectivity index (χ2v) is 5.66. The van der Waals surface area contributed by atoms with Crippen LogP contribution >= 0.6 is 24.0 Å². The van der Waals surface area contributed by atoms with E-state index in [1.807, 2.05) is 5.38 Å². The van der Waals surface area contributed by atoms with Crippen molar-refractivity contribution < 1.29 is 4.79 Å². The summed E-state index contributed by atoms with van der Waals surface area (Å²) < 4.78 is 0. The normalized spacial score (nSPS) is 17.1. The number of rotatable bonds is 6. The van der Waals surface area contributed by atoms with Crippen molar-refractivity contribution in [2.75, 3.05) is 12.3 Å². The van der Waals surface area contributed by atoms with E-state index in [1.165, 1.54) is 0 Å². The van der Waals surface area contributed by atoms with E-state index in [9.17, 15) is 4.79 Å². The van der Waals surface area contributed by atoms with Crippen LogP contribution in [0.3, 0.4) is 0 Å². The predicted octanol–water partition coefficient (Wildman–Crippen LogP) is 1.90. The summed E-state index contributed by atoms with van der Waals surface area (Å²) in [6.07, 6.45) is 5.56. The molecule has 0 radical (unpaired) electrons. The summed E-state index contributed by atoms with van der Waals surface area (Å²) in [7, 11) is 0. The zero-order valence-electron chi connectivity index (χ0n) is 9.11. The molecule has 0 unspecified atom stereocenters. The zero-order chi connectivity index (χ0) is 11.4. The lowest BCUT2D eigenvalue weighted by Crippen LogP contribution is -2.28. The Morgan fingerprint density at radius 2 is 2.44 bits per heavy atom.